The number of amides is 1. The smallest absolute Gasteiger partial charge is 0.237 e. The van der Waals surface area contributed by atoms with Gasteiger partial charge in [-0.3, -0.25) is 9.78 Å². The third kappa shape index (κ3) is 3.95. The Bertz CT molecular complexity index is 674. The van der Waals surface area contributed by atoms with E-state index in [2.05, 4.69) is 36.2 Å². The molecule has 0 N–H and O–H groups in total. The van der Waals surface area contributed by atoms with Gasteiger partial charge in [0.15, 0.2) is 0 Å². The highest BCUT2D eigenvalue weighted by molar-refractivity contribution is 5.79. The molecule has 23 heavy (non-hydrogen) atoms. The minimum absolute atomic E-state index is 0.113. The average Bonchev–Trinajstić information content (AvgIpc) is 2.60. The minimum atomic E-state index is -0.222. The molecule has 1 aromatic carbocycles. The molecule has 0 aliphatic carbocycles. The number of aromatic nitrogens is 1. The first kappa shape index (κ1) is 16.7. The Balaban J connectivity index is 2.46. The second kappa shape index (κ2) is 8.09. The van der Waals surface area contributed by atoms with Crippen LogP contribution in [0.5, 0.6) is 0 Å². The number of pyridine rings is 1. The van der Waals surface area contributed by atoms with Crippen LogP contribution in [0.4, 0.5) is 0 Å². The number of rotatable bonds is 6. The second-order valence-electron chi connectivity index (χ2n) is 5.30. The van der Waals surface area contributed by atoms with Crippen molar-refractivity contribution in [2.45, 2.75) is 32.7 Å². The molecule has 118 valence electrons. The van der Waals surface area contributed by atoms with E-state index < -0.39 is 0 Å². The van der Waals surface area contributed by atoms with Crippen molar-refractivity contribution < 1.29 is 4.79 Å². The Hall–Kier alpha value is -2.67. The van der Waals surface area contributed by atoms with Crippen LogP contribution < -0.4 is 0 Å². The molecule has 0 aliphatic heterocycles. The highest BCUT2D eigenvalue weighted by Gasteiger charge is 2.25. The molecular weight excluding hydrogens is 286 g/mol. The van der Waals surface area contributed by atoms with Crippen LogP contribution in [-0.4, -0.2) is 22.3 Å². The van der Waals surface area contributed by atoms with Gasteiger partial charge < -0.3 is 4.90 Å². The summed E-state index contributed by atoms with van der Waals surface area (Å²) in [4.78, 5) is 18.3. The highest BCUT2D eigenvalue weighted by Crippen LogP contribution is 2.29. The molecule has 2 aromatic rings. The van der Waals surface area contributed by atoms with Gasteiger partial charge in [-0.15, -0.1) is 0 Å². The number of nitrogens with zero attached hydrogens (tertiary/aromatic N) is 3. The lowest BCUT2D eigenvalue weighted by Crippen LogP contribution is -2.35. The lowest BCUT2D eigenvalue weighted by molar-refractivity contribution is -0.131. The third-order valence-corrected chi connectivity index (χ3v) is 3.91. The summed E-state index contributed by atoms with van der Waals surface area (Å²) >= 11 is 0. The SMILES string of the molecule is CCc1ccc([C@H](c2cccnc2)N(CC)C(=O)CC#N)cc1. The van der Waals surface area contributed by atoms with Crippen LogP contribution in [0.3, 0.4) is 0 Å². The molecule has 1 atom stereocenters. The summed E-state index contributed by atoms with van der Waals surface area (Å²) < 4.78 is 0. The van der Waals surface area contributed by atoms with E-state index in [4.69, 9.17) is 5.26 Å². The van der Waals surface area contributed by atoms with Crippen molar-refractivity contribution in [2.75, 3.05) is 6.54 Å². The first-order valence-corrected chi connectivity index (χ1v) is 7.86. The van der Waals surface area contributed by atoms with Gasteiger partial charge in [-0.05, 0) is 36.1 Å². The zero-order valence-corrected chi connectivity index (χ0v) is 13.6. The number of nitriles is 1. The van der Waals surface area contributed by atoms with Crippen molar-refractivity contribution in [2.24, 2.45) is 0 Å². The van der Waals surface area contributed by atoms with Crippen molar-refractivity contribution >= 4 is 5.91 Å². The predicted octanol–water partition coefficient (Wildman–Crippen LogP) is 3.50. The fourth-order valence-electron chi connectivity index (χ4n) is 2.70. The molecule has 0 radical (unpaired) electrons. The molecule has 0 fully saturated rings. The van der Waals surface area contributed by atoms with Crippen LogP contribution in [0, 0.1) is 11.3 Å². The summed E-state index contributed by atoms with van der Waals surface area (Å²) in [7, 11) is 0. The van der Waals surface area contributed by atoms with Gasteiger partial charge in [0.05, 0.1) is 12.1 Å². The monoisotopic (exact) mass is 307 g/mol. The van der Waals surface area contributed by atoms with Gasteiger partial charge in [-0.2, -0.15) is 5.26 Å². The molecular formula is C19H21N3O. The summed E-state index contributed by atoms with van der Waals surface area (Å²) in [6, 6.07) is 13.8. The quantitative estimate of drug-likeness (QED) is 0.820. The number of benzene rings is 1. The molecule has 1 heterocycles. The third-order valence-electron chi connectivity index (χ3n) is 3.91. The van der Waals surface area contributed by atoms with Crippen LogP contribution in [0.2, 0.25) is 0 Å². The Morgan fingerprint density at radius 1 is 1.22 bits per heavy atom. The Morgan fingerprint density at radius 3 is 2.48 bits per heavy atom. The standard InChI is InChI=1S/C19H21N3O/c1-3-15-7-9-16(10-8-15)19(17-6-5-13-21-14-17)22(4-2)18(23)11-12-20/h5-10,13-14,19H,3-4,11H2,1-2H3/t19-/m1/s1. The first-order valence-electron chi connectivity index (χ1n) is 7.86. The van der Waals surface area contributed by atoms with Crippen molar-refractivity contribution in [3.05, 3.63) is 65.5 Å². The average molecular weight is 307 g/mol. The van der Waals surface area contributed by atoms with E-state index in [1.807, 2.05) is 25.1 Å². The van der Waals surface area contributed by atoms with Crippen LogP contribution in [0.1, 0.15) is 43.0 Å². The largest absolute Gasteiger partial charge is 0.331 e. The van der Waals surface area contributed by atoms with Crippen LogP contribution in [0.25, 0.3) is 0 Å². The summed E-state index contributed by atoms with van der Waals surface area (Å²) in [5, 5.41) is 8.86. The molecule has 0 bridgehead atoms. The van der Waals surface area contributed by atoms with Gasteiger partial charge in [0, 0.05) is 18.9 Å². The molecule has 1 amide bonds. The summed E-state index contributed by atoms with van der Waals surface area (Å²) in [6.45, 7) is 4.58. The molecule has 0 unspecified atom stereocenters. The van der Waals surface area contributed by atoms with E-state index in [1.165, 1.54) is 5.56 Å². The molecule has 0 aliphatic rings. The van der Waals surface area contributed by atoms with E-state index >= 15 is 0 Å². The maximum absolute atomic E-state index is 12.4. The fourth-order valence-corrected chi connectivity index (χ4v) is 2.70. The van der Waals surface area contributed by atoms with E-state index in [9.17, 15) is 4.79 Å². The normalized spacial score (nSPS) is 11.5. The van der Waals surface area contributed by atoms with E-state index in [0.717, 1.165) is 17.5 Å². The molecule has 0 spiro atoms. The summed E-state index contributed by atoms with van der Waals surface area (Å²) in [6.07, 6.45) is 4.36. The van der Waals surface area contributed by atoms with Gasteiger partial charge >= 0.3 is 0 Å². The molecule has 4 nitrogen and oxygen atoms in total. The topological polar surface area (TPSA) is 57.0 Å². The van der Waals surface area contributed by atoms with Gasteiger partial charge in [0.1, 0.15) is 6.42 Å². The minimum Gasteiger partial charge on any atom is -0.331 e. The number of hydrogen-bond acceptors (Lipinski definition) is 3. The zero-order valence-electron chi connectivity index (χ0n) is 13.6. The van der Waals surface area contributed by atoms with Gasteiger partial charge in [0.25, 0.3) is 0 Å². The number of carbonyl (C=O) groups excluding carboxylic acids is 1. The number of carbonyl (C=O) groups is 1. The molecule has 0 saturated heterocycles. The van der Waals surface area contributed by atoms with Crippen molar-refractivity contribution in [1.82, 2.24) is 9.88 Å². The Morgan fingerprint density at radius 2 is 1.96 bits per heavy atom. The van der Waals surface area contributed by atoms with Crippen molar-refractivity contribution in [3.63, 3.8) is 0 Å². The fraction of sp³-hybridized carbons (Fsp3) is 0.316. The second-order valence-corrected chi connectivity index (χ2v) is 5.30. The number of hydrogen-bond donors (Lipinski definition) is 0. The van der Waals surface area contributed by atoms with E-state index in [-0.39, 0.29) is 18.4 Å². The Labute approximate surface area is 137 Å². The maximum Gasteiger partial charge on any atom is 0.237 e. The van der Waals surface area contributed by atoms with Crippen LogP contribution in [0.15, 0.2) is 48.8 Å². The molecule has 0 saturated carbocycles. The molecule has 2 rings (SSSR count). The maximum atomic E-state index is 12.4. The van der Waals surface area contributed by atoms with Crippen LogP contribution in [-0.2, 0) is 11.2 Å². The summed E-state index contributed by atoms with van der Waals surface area (Å²) in [5.41, 5.74) is 3.23. The van der Waals surface area contributed by atoms with Gasteiger partial charge in [-0.1, -0.05) is 37.3 Å². The first-order chi connectivity index (χ1) is 11.2. The lowest BCUT2D eigenvalue weighted by atomic mass is 9.96. The summed E-state index contributed by atoms with van der Waals surface area (Å²) in [5.74, 6) is -0.163. The highest BCUT2D eigenvalue weighted by atomic mass is 16.2. The number of aryl methyl sites for hydroxylation is 1. The van der Waals surface area contributed by atoms with Crippen molar-refractivity contribution in [1.29, 1.82) is 5.26 Å². The lowest BCUT2D eigenvalue weighted by Gasteiger charge is -2.31. The van der Waals surface area contributed by atoms with Gasteiger partial charge in [-0.25, -0.2) is 0 Å². The Kier molecular flexibility index (Phi) is 5.87. The van der Waals surface area contributed by atoms with E-state index in [1.54, 1.807) is 17.3 Å². The molecule has 1 aromatic heterocycles. The van der Waals surface area contributed by atoms with Crippen LogP contribution >= 0.6 is 0 Å². The van der Waals surface area contributed by atoms with E-state index in [0.29, 0.717) is 6.54 Å². The predicted molar refractivity (Wildman–Crippen MR) is 89.5 cm³/mol. The van der Waals surface area contributed by atoms with Gasteiger partial charge in [0.2, 0.25) is 5.91 Å². The zero-order chi connectivity index (χ0) is 16.7. The van der Waals surface area contributed by atoms with Crippen molar-refractivity contribution in [3.8, 4) is 6.07 Å². The molecule has 4 heteroatoms.